The molecule has 0 atom stereocenters. The largest absolute Gasteiger partial charge is 0.382 e. The molecule has 2 N–H and O–H groups in total. The first-order valence-corrected chi connectivity index (χ1v) is 9.52. The van der Waals surface area contributed by atoms with Crippen molar-refractivity contribution in [1.29, 1.82) is 0 Å². The molecule has 0 bridgehead atoms. The first-order valence-electron chi connectivity index (χ1n) is 9.52. The van der Waals surface area contributed by atoms with E-state index in [4.69, 9.17) is 9.73 Å². The molecule has 7 nitrogen and oxygen atoms in total. The maximum Gasteiger partial charge on any atom is 0.191 e. The molecule has 1 heterocycles. The summed E-state index contributed by atoms with van der Waals surface area (Å²) < 4.78 is 7.37. The summed E-state index contributed by atoms with van der Waals surface area (Å²) in [6.07, 6.45) is 0.932. The van der Waals surface area contributed by atoms with E-state index in [1.54, 1.807) is 0 Å². The summed E-state index contributed by atoms with van der Waals surface area (Å²) >= 11 is 0. The third kappa shape index (κ3) is 6.67. The molecule has 2 rings (SSSR count). The van der Waals surface area contributed by atoms with Gasteiger partial charge in [0.05, 0.1) is 13.1 Å². The van der Waals surface area contributed by atoms with Crippen LogP contribution in [-0.2, 0) is 24.9 Å². The van der Waals surface area contributed by atoms with E-state index in [0.717, 1.165) is 43.8 Å². The van der Waals surface area contributed by atoms with Crippen LogP contribution in [0.3, 0.4) is 0 Å². The molecule has 1 aromatic carbocycles. The van der Waals surface area contributed by atoms with Crippen molar-refractivity contribution < 1.29 is 4.74 Å². The van der Waals surface area contributed by atoms with Crippen molar-refractivity contribution in [2.24, 2.45) is 12.0 Å². The van der Waals surface area contributed by atoms with Crippen LogP contribution in [-0.4, -0.2) is 40.5 Å². The van der Waals surface area contributed by atoms with Gasteiger partial charge in [-0.25, -0.2) is 4.99 Å². The van der Waals surface area contributed by atoms with Crippen molar-refractivity contribution in [3.8, 4) is 0 Å². The number of nitrogens with one attached hydrogen (secondary N) is 2. The highest BCUT2D eigenvalue weighted by Crippen LogP contribution is 2.11. The van der Waals surface area contributed by atoms with Gasteiger partial charge in [-0.05, 0) is 45.2 Å². The van der Waals surface area contributed by atoms with Crippen LogP contribution in [0.25, 0.3) is 0 Å². The highest BCUT2D eigenvalue weighted by molar-refractivity contribution is 5.79. The van der Waals surface area contributed by atoms with Crippen molar-refractivity contribution >= 4 is 5.96 Å². The molecular formula is C20H32N6O. The van der Waals surface area contributed by atoms with E-state index in [2.05, 4.69) is 52.9 Å². The molecule has 1 aromatic heterocycles. The summed E-state index contributed by atoms with van der Waals surface area (Å²) in [6, 6.07) is 6.46. The van der Waals surface area contributed by atoms with Crippen LogP contribution < -0.4 is 10.6 Å². The van der Waals surface area contributed by atoms with Crippen LogP contribution in [0.1, 0.15) is 41.7 Å². The molecule has 0 fully saturated rings. The topological polar surface area (TPSA) is 76.4 Å². The van der Waals surface area contributed by atoms with E-state index >= 15 is 0 Å². The summed E-state index contributed by atoms with van der Waals surface area (Å²) in [5.41, 5.74) is 3.76. The molecule has 0 amide bonds. The van der Waals surface area contributed by atoms with Gasteiger partial charge in [-0.3, -0.25) is 0 Å². The SMILES string of the molecule is CCOCCCNC(=NCc1ccc(C)cc1C)NCc1nnc(C)n1C. The van der Waals surface area contributed by atoms with Gasteiger partial charge in [0.25, 0.3) is 0 Å². The Labute approximate surface area is 162 Å². The highest BCUT2D eigenvalue weighted by Gasteiger charge is 2.06. The van der Waals surface area contributed by atoms with E-state index in [9.17, 15) is 0 Å². The lowest BCUT2D eigenvalue weighted by Crippen LogP contribution is -2.38. The van der Waals surface area contributed by atoms with Crippen LogP contribution in [0, 0.1) is 20.8 Å². The number of ether oxygens (including phenoxy) is 1. The molecule has 27 heavy (non-hydrogen) atoms. The Hall–Kier alpha value is -2.41. The molecule has 0 saturated heterocycles. The maximum atomic E-state index is 5.40. The quantitative estimate of drug-likeness (QED) is 0.402. The van der Waals surface area contributed by atoms with Crippen LogP contribution in [0.2, 0.25) is 0 Å². The Morgan fingerprint density at radius 3 is 2.67 bits per heavy atom. The number of benzene rings is 1. The number of rotatable bonds is 9. The minimum Gasteiger partial charge on any atom is -0.382 e. The Morgan fingerprint density at radius 2 is 2.00 bits per heavy atom. The minimum absolute atomic E-state index is 0.571. The fraction of sp³-hybridized carbons (Fsp3) is 0.550. The van der Waals surface area contributed by atoms with Gasteiger partial charge in [0, 0.05) is 26.8 Å². The third-order valence-corrected chi connectivity index (χ3v) is 4.46. The first kappa shape index (κ1) is 20.9. The lowest BCUT2D eigenvalue weighted by Gasteiger charge is -2.13. The van der Waals surface area contributed by atoms with E-state index in [0.29, 0.717) is 13.1 Å². The zero-order valence-corrected chi connectivity index (χ0v) is 17.2. The van der Waals surface area contributed by atoms with Gasteiger partial charge in [0.1, 0.15) is 5.82 Å². The molecule has 0 saturated carbocycles. The summed E-state index contributed by atoms with van der Waals surface area (Å²) in [5, 5.41) is 15.0. The second kappa shape index (κ2) is 10.7. The predicted molar refractivity (Wildman–Crippen MR) is 109 cm³/mol. The molecule has 7 heteroatoms. The number of aromatic nitrogens is 3. The van der Waals surface area contributed by atoms with Crippen LogP contribution in [0.4, 0.5) is 0 Å². The Morgan fingerprint density at radius 1 is 1.19 bits per heavy atom. The Balaban J connectivity index is 1.99. The average Bonchev–Trinajstić information content (AvgIpc) is 2.96. The van der Waals surface area contributed by atoms with E-state index in [1.165, 1.54) is 16.7 Å². The molecule has 2 aromatic rings. The minimum atomic E-state index is 0.571. The van der Waals surface area contributed by atoms with Gasteiger partial charge < -0.3 is 19.9 Å². The third-order valence-electron chi connectivity index (χ3n) is 4.46. The second-order valence-electron chi connectivity index (χ2n) is 6.65. The molecular weight excluding hydrogens is 340 g/mol. The molecule has 0 unspecified atom stereocenters. The van der Waals surface area contributed by atoms with Crippen molar-refractivity contribution in [3.63, 3.8) is 0 Å². The zero-order valence-electron chi connectivity index (χ0n) is 17.2. The van der Waals surface area contributed by atoms with Crippen LogP contribution >= 0.6 is 0 Å². The average molecular weight is 373 g/mol. The van der Waals surface area contributed by atoms with Crippen molar-refractivity contribution in [2.45, 2.75) is 47.2 Å². The number of aliphatic imine (C=N–C) groups is 1. The van der Waals surface area contributed by atoms with Crippen LogP contribution in [0.15, 0.2) is 23.2 Å². The van der Waals surface area contributed by atoms with Gasteiger partial charge in [-0.2, -0.15) is 0 Å². The number of guanidine groups is 1. The smallest absolute Gasteiger partial charge is 0.191 e. The van der Waals surface area contributed by atoms with Gasteiger partial charge in [0.15, 0.2) is 11.8 Å². The molecule has 0 aliphatic carbocycles. The predicted octanol–water partition coefficient (Wildman–Crippen LogP) is 2.40. The normalized spacial score (nSPS) is 11.7. The lowest BCUT2D eigenvalue weighted by molar-refractivity contribution is 0.145. The van der Waals surface area contributed by atoms with Crippen molar-refractivity contribution in [2.75, 3.05) is 19.8 Å². The molecule has 0 spiro atoms. The number of hydrogen-bond acceptors (Lipinski definition) is 4. The summed E-state index contributed by atoms with van der Waals surface area (Å²) in [4.78, 5) is 4.75. The van der Waals surface area contributed by atoms with Gasteiger partial charge in [-0.1, -0.05) is 23.8 Å². The van der Waals surface area contributed by atoms with Gasteiger partial charge in [0.2, 0.25) is 0 Å². The summed E-state index contributed by atoms with van der Waals surface area (Å²) in [7, 11) is 1.97. The molecule has 0 radical (unpaired) electrons. The molecule has 148 valence electrons. The second-order valence-corrected chi connectivity index (χ2v) is 6.65. The van der Waals surface area contributed by atoms with Crippen LogP contribution in [0.5, 0.6) is 0 Å². The fourth-order valence-corrected chi connectivity index (χ4v) is 2.65. The lowest BCUT2D eigenvalue weighted by atomic mass is 10.1. The van der Waals surface area contributed by atoms with Crippen molar-refractivity contribution in [3.05, 3.63) is 46.5 Å². The number of aryl methyl sites for hydroxylation is 3. The standard InChI is InChI=1S/C20H32N6O/c1-6-27-11-7-10-21-20(23-14-19-25-24-17(4)26(19)5)22-13-18-9-8-15(2)12-16(18)3/h8-9,12H,6-7,10-11,13-14H2,1-5H3,(H2,21,22,23). The van der Waals surface area contributed by atoms with Gasteiger partial charge in [-0.15, -0.1) is 10.2 Å². The number of hydrogen-bond donors (Lipinski definition) is 2. The van der Waals surface area contributed by atoms with Gasteiger partial charge >= 0.3 is 0 Å². The van der Waals surface area contributed by atoms with E-state index in [1.807, 2.05) is 25.5 Å². The molecule has 0 aliphatic heterocycles. The monoisotopic (exact) mass is 372 g/mol. The maximum absolute atomic E-state index is 5.40. The zero-order chi connectivity index (χ0) is 19.6. The van der Waals surface area contributed by atoms with E-state index in [-0.39, 0.29) is 0 Å². The Bertz CT molecular complexity index is 753. The fourth-order valence-electron chi connectivity index (χ4n) is 2.65. The molecule has 0 aliphatic rings. The summed E-state index contributed by atoms with van der Waals surface area (Å²) in [5.74, 6) is 2.54. The number of nitrogens with zero attached hydrogens (tertiary/aromatic N) is 4. The highest BCUT2D eigenvalue weighted by atomic mass is 16.5. The Kier molecular flexibility index (Phi) is 8.26. The van der Waals surface area contributed by atoms with Crippen molar-refractivity contribution in [1.82, 2.24) is 25.4 Å². The van der Waals surface area contributed by atoms with E-state index < -0.39 is 0 Å². The first-order chi connectivity index (χ1) is 13.0. The summed E-state index contributed by atoms with van der Waals surface area (Å²) in [6.45, 7) is 11.7.